The zero-order chi connectivity index (χ0) is 15.4. The molecule has 112 valence electrons. The summed E-state index contributed by atoms with van der Waals surface area (Å²) < 4.78 is 11.5. The summed E-state index contributed by atoms with van der Waals surface area (Å²) in [6.07, 6.45) is 1.02. The van der Waals surface area contributed by atoms with Gasteiger partial charge in [0.1, 0.15) is 0 Å². The van der Waals surface area contributed by atoms with Crippen LogP contribution in [0.1, 0.15) is 29.0 Å². The quantitative estimate of drug-likeness (QED) is 0.661. The maximum Gasteiger partial charge on any atom is 0.161 e. The SMILES string of the molecule is CCc1ccc(C(Cl)c2cc(OC)c(OC)cc2Br)cc1. The molecule has 0 aromatic heterocycles. The zero-order valence-corrected chi connectivity index (χ0v) is 14.7. The van der Waals surface area contributed by atoms with Gasteiger partial charge in [-0.15, -0.1) is 11.6 Å². The van der Waals surface area contributed by atoms with E-state index < -0.39 is 0 Å². The lowest BCUT2D eigenvalue weighted by molar-refractivity contribution is 0.354. The molecule has 0 aliphatic rings. The number of methoxy groups -OCH3 is 2. The van der Waals surface area contributed by atoms with Crippen molar-refractivity contribution in [2.75, 3.05) is 14.2 Å². The molecule has 0 N–H and O–H groups in total. The van der Waals surface area contributed by atoms with Gasteiger partial charge in [-0.05, 0) is 35.2 Å². The van der Waals surface area contributed by atoms with Gasteiger partial charge in [-0.2, -0.15) is 0 Å². The van der Waals surface area contributed by atoms with Crippen molar-refractivity contribution in [1.82, 2.24) is 0 Å². The summed E-state index contributed by atoms with van der Waals surface area (Å²) in [5.41, 5.74) is 3.31. The first-order valence-corrected chi connectivity index (χ1v) is 7.98. The topological polar surface area (TPSA) is 18.5 Å². The molecular formula is C17H18BrClO2. The van der Waals surface area contributed by atoms with Crippen molar-refractivity contribution in [3.63, 3.8) is 0 Å². The first kappa shape index (κ1) is 16.2. The summed E-state index contributed by atoms with van der Waals surface area (Å²) in [7, 11) is 3.24. The van der Waals surface area contributed by atoms with Crippen molar-refractivity contribution in [3.8, 4) is 11.5 Å². The summed E-state index contributed by atoms with van der Waals surface area (Å²) >= 11 is 10.2. The fourth-order valence-corrected chi connectivity index (χ4v) is 3.18. The molecule has 0 aliphatic heterocycles. The van der Waals surface area contributed by atoms with E-state index in [1.165, 1.54) is 5.56 Å². The predicted molar refractivity (Wildman–Crippen MR) is 90.8 cm³/mol. The fraction of sp³-hybridized carbons (Fsp3) is 0.294. The highest BCUT2D eigenvalue weighted by atomic mass is 79.9. The molecule has 2 nitrogen and oxygen atoms in total. The number of alkyl halides is 1. The Bertz CT molecular complexity index is 611. The molecule has 0 bridgehead atoms. The van der Waals surface area contributed by atoms with Crippen LogP contribution < -0.4 is 9.47 Å². The molecule has 0 saturated heterocycles. The predicted octanol–water partition coefficient (Wildman–Crippen LogP) is 5.36. The summed E-state index contributed by atoms with van der Waals surface area (Å²) in [4.78, 5) is 0. The van der Waals surface area contributed by atoms with Crippen LogP contribution in [0.2, 0.25) is 0 Å². The molecule has 0 spiro atoms. The minimum atomic E-state index is -0.245. The van der Waals surface area contributed by atoms with Gasteiger partial charge in [-0.25, -0.2) is 0 Å². The smallest absolute Gasteiger partial charge is 0.161 e. The van der Waals surface area contributed by atoms with Gasteiger partial charge < -0.3 is 9.47 Å². The van der Waals surface area contributed by atoms with E-state index in [4.69, 9.17) is 21.1 Å². The Morgan fingerprint density at radius 3 is 2.14 bits per heavy atom. The maximum absolute atomic E-state index is 6.63. The molecule has 1 unspecified atom stereocenters. The van der Waals surface area contributed by atoms with Crippen LogP contribution in [0.3, 0.4) is 0 Å². The average molecular weight is 370 g/mol. The van der Waals surface area contributed by atoms with Crippen LogP contribution in [-0.2, 0) is 6.42 Å². The standard InChI is InChI=1S/C17H18BrClO2/c1-4-11-5-7-12(8-6-11)17(19)13-9-15(20-2)16(21-3)10-14(13)18/h5-10,17H,4H2,1-3H3. The van der Waals surface area contributed by atoms with E-state index in [-0.39, 0.29) is 5.38 Å². The van der Waals surface area contributed by atoms with E-state index in [1.807, 2.05) is 12.1 Å². The maximum atomic E-state index is 6.63. The number of hydrogen-bond donors (Lipinski definition) is 0. The first-order chi connectivity index (χ1) is 10.1. The fourth-order valence-electron chi connectivity index (χ4n) is 2.17. The second-order valence-corrected chi connectivity index (χ2v) is 5.98. The number of halogens is 2. The third-order valence-corrected chi connectivity index (χ3v) is 4.63. The third kappa shape index (κ3) is 3.53. The number of rotatable bonds is 5. The van der Waals surface area contributed by atoms with Gasteiger partial charge >= 0.3 is 0 Å². The Kier molecular flexibility index (Phi) is 5.54. The Hall–Kier alpha value is -1.19. The molecule has 0 radical (unpaired) electrons. The van der Waals surface area contributed by atoms with Gasteiger partial charge in [0, 0.05) is 4.47 Å². The van der Waals surface area contributed by atoms with E-state index in [0.29, 0.717) is 11.5 Å². The van der Waals surface area contributed by atoms with Crippen molar-refractivity contribution in [2.24, 2.45) is 0 Å². The lowest BCUT2D eigenvalue weighted by atomic mass is 10.0. The van der Waals surface area contributed by atoms with Gasteiger partial charge in [0.2, 0.25) is 0 Å². The normalized spacial score (nSPS) is 12.0. The molecule has 2 aromatic rings. The Morgan fingerprint density at radius 1 is 1.05 bits per heavy atom. The van der Waals surface area contributed by atoms with Crippen LogP contribution in [0.5, 0.6) is 11.5 Å². The molecule has 21 heavy (non-hydrogen) atoms. The molecule has 1 atom stereocenters. The number of benzene rings is 2. The van der Waals surface area contributed by atoms with E-state index in [2.05, 4.69) is 47.1 Å². The number of ether oxygens (including phenoxy) is 2. The van der Waals surface area contributed by atoms with Crippen LogP contribution in [0, 0.1) is 0 Å². The highest BCUT2D eigenvalue weighted by Crippen LogP contribution is 2.40. The Balaban J connectivity index is 2.39. The second kappa shape index (κ2) is 7.19. The van der Waals surface area contributed by atoms with Crippen molar-refractivity contribution in [3.05, 3.63) is 57.6 Å². The zero-order valence-electron chi connectivity index (χ0n) is 12.3. The summed E-state index contributed by atoms with van der Waals surface area (Å²) in [6.45, 7) is 2.14. The highest BCUT2D eigenvalue weighted by molar-refractivity contribution is 9.10. The van der Waals surface area contributed by atoms with Gasteiger partial charge in [-0.3, -0.25) is 0 Å². The lowest BCUT2D eigenvalue weighted by Crippen LogP contribution is -1.98. The Morgan fingerprint density at radius 2 is 1.62 bits per heavy atom. The molecule has 0 heterocycles. The summed E-state index contributed by atoms with van der Waals surface area (Å²) in [5.74, 6) is 1.35. The monoisotopic (exact) mass is 368 g/mol. The minimum Gasteiger partial charge on any atom is -0.493 e. The van der Waals surface area contributed by atoms with Crippen LogP contribution in [0.25, 0.3) is 0 Å². The third-order valence-electron chi connectivity index (χ3n) is 3.46. The van der Waals surface area contributed by atoms with Crippen molar-refractivity contribution in [2.45, 2.75) is 18.7 Å². The molecule has 2 aromatic carbocycles. The van der Waals surface area contributed by atoms with Gasteiger partial charge in [0.25, 0.3) is 0 Å². The van der Waals surface area contributed by atoms with Gasteiger partial charge in [0.05, 0.1) is 19.6 Å². The molecule has 4 heteroatoms. The van der Waals surface area contributed by atoms with E-state index in [1.54, 1.807) is 14.2 Å². The van der Waals surface area contributed by atoms with E-state index in [0.717, 1.165) is 22.0 Å². The minimum absolute atomic E-state index is 0.245. The summed E-state index contributed by atoms with van der Waals surface area (Å²) in [6, 6.07) is 12.1. The van der Waals surface area contributed by atoms with Gasteiger partial charge in [0.15, 0.2) is 11.5 Å². The number of aryl methyl sites for hydroxylation is 1. The number of hydrogen-bond acceptors (Lipinski definition) is 2. The van der Waals surface area contributed by atoms with E-state index in [9.17, 15) is 0 Å². The second-order valence-electron chi connectivity index (χ2n) is 4.69. The molecular weight excluding hydrogens is 352 g/mol. The largest absolute Gasteiger partial charge is 0.493 e. The molecule has 0 aliphatic carbocycles. The summed E-state index contributed by atoms with van der Waals surface area (Å²) in [5, 5.41) is -0.245. The molecule has 0 amide bonds. The van der Waals surface area contributed by atoms with E-state index >= 15 is 0 Å². The molecule has 0 fully saturated rings. The molecule has 2 rings (SSSR count). The lowest BCUT2D eigenvalue weighted by Gasteiger charge is -2.16. The molecule has 0 saturated carbocycles. The van der Waals surface area contributed by atoms with Crippen molar-refractivity contribution < 1.29 is 9.47 Å². The van der Waals surface area contributed by atoms with Crippen LogP contribution in [0.4, 0.5) is 0 Å². The van der Waals surface area contributed by atoms with Gasteiger partial charge in [-0.1, -0.05) is 47.1 Å². The Labute approximate surface area is 139 Å². The van der Waals surface area contributed by atoms with Crippen LogP contribution in [-0.4, -0.2) is 14.2 Å². The van der Waals surface area contributed by atoms with Crippen molar-refractivity contribution in [1.29, 1.82) is 0 Å². The highest BCUT2D eigenvalue weighted by Gasteiger charge is 2.17. The average Bonchev–Trinajstić information content (AvgIpc) is 2.54. The van der Waals surface area contributed by atoms with Crippen LogP contribution in [0.15, 0.2) is 40.9 Å². The first-order valence-electron chi connectivity index (χ1n) is 6.75. The van der Waals surface area contributed by atoms with Crippen LogP contribution >= 0.6 is 27.5 Å². The van der Waals surface area contributed by atoms with Crippen molar-refractivity contribution >= 4 is 27.5 Å².